The van der Waals surface area contributed by atoms with Crippen LogP contribution in [-0.2, 0) is 14.8 Å². The van der Waals surface area contributed by atoms with E-state index in [0.29, 0.717) is 31.1 Å². The monoisotopic (exact) mass is 324 g/mol. The van der Waals surface area contributed by atoms with Gasteiger partial charge in [0.25, 0.3) is 0 Å². The van der Waals surface area contributed by atoms with E-state index in [2.05, 4.69) is 0 Å². The molecule has 1 heterocycles. The molecule has 1 saturated heterocycles. The first-order valence-electron chi connectivity index (χ1n) is 7.48. The molecule has 0 N–H and O–H groups in total. The second-order valence-corrected chi connectivity index (χ2v) is 8.70. The van der Waals surface area contributed by atoms with E-state index in [4.69, 9.17) is 0 Å². The quantitative estimate of drug-likeness (QED) is 0.834. The van der Waals surface area contributed by atoms with Gasteiger partial charge in [-0.15, -0.1) is 0 Å². The van der Waals surface area contributed by atoms with E-state index < -0.39 is 15.4 Å². The van der Waals surface area contributed by atoms with E-state index in [1.165, 1.54) is 4.31 Å². The Morgan fingerprint density at radius 3 is 2.18 bits per heavy atom. The first-order valence-corrected chi connectivity index (χ1v) is 8.92. The van der Waals surface area contributed by atoms with E-state index in [-0.39, 0.29) is 5.91 Å². The lowest BCUT2D eigenvalue weighted by molar-refractivity contribution is -0.140. The van der Waals surface area contributed by atoms with Gasteiger partial charge in [-0.1, -0.05) is 32.9 Å². The van der Waals surface area contributed by atoms with E-state index in [1.807, 2.05) is 33.8 Å². The molecule has 5 nitrogen and oxygen atoms in total. The summed E-state index contributed by atoms with van der Waals surface area (Å²) in [5.41, 5.74) is 0.486. The fourth-order valence-corrected chi connectivity index (χ4v) is 4.06. The van der Waals surface area contributed by atoms with E-state index in [1.54, 1.807) is 23.1 Å². The summed E-state index contributed by atoms with van der Waals surface area (Å²) in [7, 11) is -3.47. The molecule has 0 spiro atoms. The number of hydrogen-bond acceptors (Lipinski definition) is 3. The Morgan fingerprint density at radius 2 is 1.68 bits per heavy atom. The van der Waals surface area contributed by atoms with Gasteiger partial charge in [-0.3, -0.25) is 4.79 Å². The summed E-state index contributed by atoms with van der Waals surface area (Å²) >= 11 is 0. The van der Waals surface area contributed by atoms with Crippen LogP contribution in [0.5, 0.6) is 0 Å². The lowest BCUT2D eigenvalue weighted by Crippen LogP contribution is -2.52. The number of piperazine rings is 1. The Morgan fingerprint density at radius 1 is 1.09 bits per heavy atom. The average Bonchev–Trinajstić information content (AvgIpc) is 2.45. The van der Waals surface area contributed by atoms with Crippen molar-refractivity contribution < 1.29 is 13.2 Å². The third-order valence-corrected chi connectivity index (χ3v) is 5.69. The lowest BCUT2D eigenvalue weighted by Gasteiger charge is -2.37. The highest BCUT2D eigenvalue weighted by Gasteiger charge is 2.33. The molecular formula is C16H24N2O3S. The number of aryl methyl sites for hydroxylation is 1. The summed E-state index contributed by atoms with van der Waals surface area (Å²) in [5, 5.41) is 0. The molecule has 1 fully saturated rings. The van der Waals surface area contributed by atoms with E-state index >= 15 is 0 Å². The molecule has 0 radical (unpaired) electrons. The van der Waals surface area contributed by atoms with Gasteiger partial charge in [-0.25, -0.2) is 8.42 Å². The maximum atomic E-state index is 12.6. The maximum Gasteiger partial charge on any atom is 0.243 e. The molecule has 1 aliphatic rings. The molecule has 1 aromatic carbocycles. The van der Waals surface area contributed by atoms with Crippen LogP contribution in [0.1, 0.15) is 26.3 Å². The molecule has 1 aliphatic heterocycles. The largest absolute Gasteiger partial charge is 0.340 e. The van der Waals surface area contributed by atoms with Crippen LogP contribution < -0.4 is 0 Å². The molecule has 122 valence electrons. The van der Waals surface area contributed by atoms with Crippen LogP contribution in [0.3, 0.4) is 0 Å². The molecule has 0 aliphatic carbocycles. The van der Waals surface area contributed by atoms with Gasteiger partial charge >= 0.3 is 0 Å². The number of nitrogens with zero attached hydrogens (tertiary/aromatic N) is 2. The molecule has 1 amide bonds. The minimum Gasteiger partial charge on any atom is -0.340 e. The van der Waals surface area contributed by atoms with Crippen molar-refractivity contribution in [2.24, 2.45) is 5.41 Å². The predicted molar refractivity (Wildman–Crippen MR) is 86.0 cm³/mol. The second-order valence-electron chi connectivity index (χ2n) is 6.76. The van der Waals surface area contributed by atoms with Crippen LogP contribution in [0, 0.1) is 12.3 Å². The van der Waals surface area contributed by atoms with Crippen LogP contribution in [-0.4, -0.2) is 49.7 Å². The number of carbonyl (C=O) groups excluding carboxylic acids is 1. The number of benzene rings is 1. The number of hydrogen-bond donors (Lipinski definition) is 0. The predicted octanol–water partition coefficient (Wildman–Crippen LogP) is 1.87. The molecule has 0 atom stereocenters. The van der Waals surface area contributed by atoms with Crippen molar-refractivity contribution in [3.8, 4) is 0 Å². The molecule has 22 heavy (non-hydrogen) atoms. The highest BCUT2D eigenvalue weighted by molar-refractivity contribution is 7.89. The van der Waals surface area contributed by atoms with Crippen LogP contribution in [0.2, 0.25) is 0 Å². The second kappa shape index (κ2) is 6.01. The topological polar surface area (TPSA) is 57.7 Å². The average molecular weight is 324 g/mol. The summed E-state index contributed by atoms with van der Waals surface area (Å²) < 4.78 is 26.7. The van der Waals surface area contributed by atoms with Gasteiger partial charge in [-0.2, -0.15) is 4.31 Å². The third kappa shape index (κ3) is 3.50. The molecule has 0 aromatic heterocycles. The Balaban J connectivity index is 2.10. The molecule has 1 aromatic rings. The first kappa shape index (κ1) is 17.0. The Kier molecular flexibility index (Phi) is 4.63. The van der Waals surface area contributed by atoms with Crippen LogP contribution in [0.25, 0.3) is 0 Å². The molecule has 2 rings (SSSR count). The van der Waals surface area contributed by atoms with E-state index in [9.17, 15) is 13.2 Å². The number of sulfonamides is 1. The van der Waals surface area contributed by atoms with Crippen molar-refractivity contribution in [3.05, 3.63) is 29.8 Å². The van der Waals surface area contributed by atoms with Crippen LogP contribution in [0.4, 0.5) is 0 Å². The summed E-state index contributed by atoms with van der Waals surface area (Å²) in [6, 6.07) is 6.93. The van der Waals surface area contributed by atoms with Gasteiger partial charge in [-0.05, 0) is 24.6 Å². The fraction of sp³-hybridized carbons (Fsp3) is 0.562. The zero-order valence-corrected chi connectivity index (χ0v) is 14.5. The summed E-state index contributed by atoms with van der Waals surface area (Å²) in [5.74, 6) is 0.0695. The van der Waals surface area contributed by atoms with Crippen molar-refractivity contribution in [1.82, 2.24) is 9.21 Å². The van der Waals surface area contributed by atoms with Crippen LogP contribution >= 0.6 is 0 Å². The van der Waals surface area contributed by atoms with Gasteiger partial charge in [0.15, 0.2) is 0 Å². The lowest BCUT2D eigenvalue weighted by atomic mass is 9.94. The standard InChI is InChI=1S/C16H24N2O3S/c1-13-6-5-7-14(12-13)22(20,21)18-10-8-17(9-11-18)15(19)16(2,3)4/h5-7,12H,8-11H2,1-4H3. The summed E-state index contributed by atoms with van der Waals surface area (Å²) in [6.07, 6.45) is 0. The van der Waals surface area contributed by atoms with Crippen molar-refractivity contribution in [2.45, 2.75) is 32.6 Å². The van der Waals surface area contributed by atoms with Gasteiger partial charge in [0.1, 0.15) is 0 Å². The highest BCUT2D eigenvalue weighted by Crippen LogP contribution is 2.22. The Hall–Kier alpha value is -1.40. The smallest absolute Gasteiger partial charge is 0.243 e. The fourth-order valence-electron chi connectivity index (χ4n) is 2.53. The van der Waals surface area contributed by atoms with Crippen molar-refractivity contribution in [3.63, 3.8) is 0 Å². The van der Waals surface area contributed by atoms with Gasteiger partial charge in [0.05, 0.1) is 4.90 Å². The molecule has 6 heteroatoms. The maximum absolute atomic E-state index is 12.6. The van der Waals surface area contributed by atoms with Crippen molar-refractivity contribution >= 4 is 15.9 Å². The normalized spacial score (nSPS) is 17.5. The number of amides is 1. The third-order valence-electron chi connectivity index (χ3n) is 3.79. The minimum atomic E-state index is -3.47. The van der Waals surface area contributed by atoms with Crippen LogP contribution in [0.15, 0.2) is 29.2 Å². The first-order chi connectivity index (χ1) is 10.1. The Bertz CT molecular complexity index is 654. The number of rotatable bonds is 2. The van der Waals surface area contributed by atoms with Gasteiger partial charge in [0, 0.05) is 31.6 Å². The summed E-state index contributed by atoms with van der Waals surface area (Å²) in [6.45, 7) is 9.10. The SMILES string of the molecule is Cc1cccc(S(=O)(=O)N2CCN(C(=O)C(C)(C)C)CC2)c1. The highest BCUT2D eigenvalue weighted by atomic mass is 32.2. The Labute approximate surface area is 133 Å². The minimum absolute atomic E-state index is 0.0695. The van der Waals surface area contributed by atoms with Gasteiger partial charge < -0.3 is 4.90 Å². The molecule has 0 unspecified atom stereocenters. The van der Waals surface area contributed by atoms with Gasteiger partial charge in [0.2, 0.25) is 15.9 Å². The van der Waals surface area contributed by atoms with Crippen molar-refractivity contribution in [1.29, 1.82) is 0 Å². The summed E-state index contributed by atoms with van der Waals surface area (Å²) in [4.78, 5) is 14.3. The van der Waals surface area contributed by atoms with E-state index in [0.717, 1.165) is 5.56 Å². The zero-order chi connectivity index (χ0) is 16.5. The molecular weight excluding hydrogens is 300 g/mol. The molecule has 0 saturated carbocycles. The zero-order valence-electron chi connectivity index (χ0n) is 13.7. The molecule has 0 bridgehead atoms. The number of carbonyl (C=O) groups is 1. The van der Waals surface area contributed by atoms with Crippen molar-refractivity contribution in [2.75, 3.05) is 26.2 Å².